The molecule has 0 saturated heterocycles. The van der Waals surface area contributed by atoms with Crippen molar-refractivity contribution in [3.05, 3.63) is 35.1 Å². The number of carbonyl (C=O) groups excluding carboxylic acids is 1. The number of nitrogens with zero attached hydrogens (tertiary/aromatic N) is 1. The fraction of sp³-hybridized carbons (Fsp3) is 0.652. The Morgan fingerprint density at radius 3 is 2.56 bits per heavy atom. The van der Waals surface area contributed by atoms with E-state index < -0.39 is 0 Å². The van der Waals surface area contributed by atoms with Crippen molar-refractivity contribution in [1.82, 2.24) is 4.90 Å². The van der Waals surface area contributed by atoms with Crippen LogP contribution in [0.2, 0.25) is 0 Å². The molecule has 4 heteroatoms. The van der Waals surface area contributed by atoms with Crippen LogP contribution < -0.4 is 5.73 Å². The molecule has 1 fully saturated rings. The van der Waals surface area contributed by atoms with Crippen LogP contribution in [0.1, 0.15) is 70.6 Å². The average molecular weight is 368 g/mol. The molecule has 0 aromatic rings. The molecule has 0 aromatic carbocycles. The topological polar surface area (TPSA) is 70.2 Å². The van der Waals surface area contributed by atoms with Crippen molar-refractivity contribution in [3.63, 3.8) is 0 Å². The summed E-state index contributed by atoms with van der Waals surface area (Å²) in [6.07, 6.45) is 19.9. The Morgan fingerprint density at radius 1 is 1.07 bits per heavy atom. The minimum absolute atomic E-state index is 0.153. The van der Waals surface area contributed by atoms with Crippen molar-refractivity contribution in [2.45, 2.75) is 82.7 Å². The Hall–Kier alpha value is -1.84. The lowest BCUT2D eigenvalue weighted by atomic mass is 9.78. The summed E-state index contributed by atoms with van der Waals surface area (Å²) in [6.45, 7) is 0. The lowest BCUT2D eigenvalue weighted by Crippen LogP contribution is -2.47. The van der Waals surface area contributed by atoms with Gasteiger partial charge in [0.1, 0.15) is 0 Å². The van der Waals surface area contributed by atoms with Crippen LogP contribution in [0.3, 0.4) is 0 Å². The molecule has 3 unspecified atom stereocenters. The maximum Gasteiger partial charge on any atom is 0.226 e. The Balaban J connectivity index is 1.42. The SMILES string of the molecule is N=CC1=C(N)CCC(N(C(=O)C2CC=C(C3CC=CCC3)CC2)C2CC2)C1. The molecule has 27 heavy (non-hydrogen) atoms. The van der Waals surface area contributed by atoms with Gasteiger partial charge in [-0.05, 0) is 82.1 Å². The van der Waals surface area contributed by atoms with Crippen molar-refractivity contribution >= 4 is 12.1 Å². The molecule has 0 aliphatic heterocycles. The van der Waals surface area contributed by atoms with Gasteiger partial charge in [-0.25, -0.2) is 0 Å². The molecule has 0 heterocycles. The third-order valence-electron chi connectivity index (χ3n) is 6.97. The van der Waals surface area contributed by atoms with Gasteiger partial charge in [-0.2, -0.15) is 0 Å². The van der Waals surface area contributed by atoms with E-state index in [1.165, 1.54) is 25.5 Å². The van der Waals surface area contributed by atoms with Gasteiger partial charge in [-0.1, -0.05) is 23.8 Å². The number of amides is 1. The third kappa shape index (κ3) is 4.04. The zero-order valence-electron chi connectivity index (χ0n) is 16.3. The summed E-state index contributed by atoms with van der Waals surface area (Å²) in [6, 6.07) is 0.672. The van der Waals surface area contributed by atoms with Crippen LogP contribution in [0.25, 0.3) is 0 Å². The van der Waals surface area contributed by atoms with E-state index in [-0.39, 0.29) is 12.0 Å². The Bertz CT molecular complexity index is 686. The predicted octanol–water partition coefficient (Wildman–Crippen LogP) is 4.48. The molecule has 4 aliphatic carbocycles. The first-order chi connectivity index (χ1) is 13.2. The average Bonchev–Trinajstić information content (AvgIpc) is 3.55. The first kappa shape index (κ1) is 18.5. The molecule has 0 aromatic heterocycles. The van der Waals surface area contributed by atoms with Crippen LogP contribution >= 0.6 is 0 Å². The van der Waals surface area contributed by atoms with E-state index in [0.29, 0.717) is 17.9 Å². The summed E-state index contributed by atoms with van der Waals surface area (Å²) in [7, 11) is 0. The van der Waals surface area contributed by atoms with E-state index in [9.17, 15) is 4.79 Å². The van der Waals surface area contributed by atoms with Gasteiger partial charge in [-0.15, -0.1) is 0 Å². The van der Waals surface area contributed by atoms with Gasteiger partial charge in [0, 0.05) is 29.9 Å². The van der Waals surface area contributed by atoms with E-state index in [0.717, 1.165) is 62.6 Å². The standard InChI is InChI=1S/C23H33N3O/c24-15-19-14-21(12-13-22(19)25)26(20-10-11-20)23(27)18-8-6-17(7-9-18)16-4-2-1-3-5-16/h1-2,6,15-16,18,20-21,24H,3-5,7-14,25H2. The first-order valence-corrected chi connectivity index (χ1v) is 10.8. The van der Waals surface area contributed by atoms with E-state index in [1.54, 1.807) is 5.57 Å². The summed E-state index contributed by atoms with van der Waals surface area (Å²) in [5.41, 5.74) is 9.43. The molecule has 4 aliphatic rings. The van der Waals surface area contributed by atoms with E-state index in [4.69, 9.17) is 11.1 Å². The largest absolute Gasteiger partial charge is 0.402 e. The summed E-state index contributed by atoms with van der Waals surface area (Å²) >= 11 is 0. The Labute approximate surface area is 163 Å². The number of carbonyl (C=O) groups is 1. The van der Waals surface area contributed by atoms with Crippen molar-refractivity contribution < 1.29 is 4.79 Å². The first-order valence-electron chi connectivity index (χ1n) is 10.8. The van der Waals surface area contributed by atoms with Gasteiger partial charge < -0.3 is 16.0 Å². The second-order valence-electron chi connectivity index (χ2n) is 8.80. The maximum atomic E-state index is 13.4. The number of nitrogens with one attached hydrogen (secondary N) is 1. The van der Waals surface area contributed by atoms with E-state index in [1.807, 2.05) is 0 Å². The highest BCUT2D eigenvalue weighted by atomic mass is 16.2. The summed E-state index contributed by atoms with van der Waals surface area (Å²) < 4.78 is 0. The molecule has 0 radical (unpaired) electrons. The molecule has 0 bridgehead atoms. The van der Waals surface area contributed by atoms with Crippen LogP contribution in [0.4, 0.5) is 0 Å². The molecule has 4 nitrogen and oxygen atoms in total. The monoisotopic (exact) mass is 367 g/mol. The Kier molecular flexibility index (Phi) is 5.51. The summed E-state index contributed by atoms with van der Waals surface area (Å²) in [4.78, 5) is 15.6. The number of rotatable bonds is 5. The maximum absolute atomic E-state index is 13.4. The molecule has 1 amide bonds. The zero-order chi connectivity index (χ0) is 18.8. The van der Waals surface area contributed by atoms with Crippen molar-refractivity contribution in [1.29, 1.82) is 5.41 Å². The lowest BCUT2D eigenvalue weighted by molar-refractivity contribution is -0.139. The highest BCUT2D eigenvalue weighted by molar-refractivity contribution is 5.81. The number of allylic oxidation sites excluding steroid dienone is 5. The van der Waals surface area contributed by atoms with Crippen LogP contribution in [-0.2, 0) is 4.79 Å². The highest BCUT2D eigenvalue weighted by Gasteiger charge is 2.41. The van der Waals surface area contributed by atoms with Crippen LogP contribution in [0.5, 0.6) is 0 Å². The normalized spacial score (nSPS) is 31.4. The second-order valence-corrected chi connectivity index (χ2v) is 8.80. The van der Waals surface area contributed by atoms with Crippen LogP contribution in [0, 0.1) is 17.2 Å². The Morgan fingerprint density at radius 2 is 1.93 bits per heavy atom. The number of hydrogen-bond acceptors (Lipinski definition) is 3. The van der Waals surface area contributed by atoms with Crippen molar-refractivity contribution in [2.75, 3.05) is 0 Å². The van der Waals surface area contributed by atoms with Crippen molar-refractivity contribution in [2.24, 2.45) is 17.6 Å². The van der Waals surface area contributed by atoms with Gasteiger partial charge in [-0.3, -0.25) is 4.79 Å². The number of nitrogens with two attached hydrogens (primary N) is 1. The highest BCUT2D eigenvalue weighted by Crippen LogP contribution is 2.39. The predicted molar refractivity (Wildman–Crippen MR) is 109 cm³/mol. The zero-order valence-corrected chi connectivity index (χ0v) is 16.3. The van der Waals surface area contributed by atoms with Crippen LogP contribution in [0.15, 0.2) is 35.1 Å². The second kappa shape index (κ2) is 8.04. The van der Waals surface area contributed by atoms with Gasteiger partial charge in [0.05, 0.1) is 0 Å². The van der Waals surface area contributed by atoms with Gasteiger partial charge in [0.2, 0.25) is 5.91 Å². The van der Waals surface area contributed by atoms with E-state index >= 15 is 0 Å². The molecule has 146 valence electrons. The summed E-state index contributed by atoms with van der Waals surface area (Å²) in [5.74, 6) is 1.23. The molecule has 4 rings (SSSR count). The molecule has 1 saturated carbocycles. The lowest BCUT2D eigenvalue weighted by Gasteiger charge is -2.38. The van der Waals surface area contributed by atoms with Crippen LogP contribution in [-0.4, -0.2) is 29.1 Å². The van der Waals surface area contributed by atoms with E-state index in [2.05, 4.69) is 23.1 Å². The molecule has 0 spiro atoms. The minimum atomic E-state index is 0.153. The van der Waals surface area contributed by atoms with Gasteiger partial charge in [0.25, 0.3) is 0 Å². The molecular formula is C23H33N3O. The van der Waals surface area contributed by atoms with Gasteiger partial charge >= 0.3 is 0 Å². The molecule has 3 atom stereocenters. The number of hydrogen-bond donors (Lipinski definition) is 2. The van der Waals surface area contributed by atoms with Crippen molar-refractivity contribution in [3.8, 4) is 0 Å². The molecular weight excluding hydrogens is 334 g/mol. The molecule has 3 N–H and O–H groups in total. The quantitative estimate of drug-likeness (QED) is 0.556. The fourth-order valence-corrected chi connectivity index (χ4v) is 5.16. The fourth-order valence-electron chi connectivity index (χ4n) is 5.16. The summed E-state index contributed by atoms with van der Waals surface area (Å²) in [5, 5.41) is 7.63. The minimum Gasteiger partial charge on any atom is -0.402 e. The third-order valence-corrected chi connectivity index (χ3v) is 6.97. The smallest absolute Gasteiger partial charge is 0.226 e. The van der Waals surface area contributed by atoms with Gasteiger partial charge in [0.15, 0.2) is 0 Å².